The summed E-state index contributed by atoms with van der Waals surface area (Å²) in [5.74, 6) is 0. The van der Waals surface area contributed by atoms with Crippen molar-refractivity contribution in [3.63, 3.8) is 0 Å². The molecule has 0 aliphatic carbocycles. The molecule has 1 nitrogen and oxygen atoms in total. The van der Waals surface area contributed by atoms with Crippen molar-refractivity contribution in [2.24, 2.45) is 0 Å². The Kier molecular flexibility index (Phi) is 2.84. The van der Waals surface area contributed by atoms with Crippen molar-refractivity contribution in [2.45, 2.75) is 0 Å². The highest BCUT2D eigenvalue weighted by molar-refractivity contribution is 6.31. The molecule has 15 heavy (non-hydrogen) atoms. The number of benzene rings is 2. The second kappa shape index (κ2) is 4.28. The molecule has 0 bridgehead atoms. The molecule has 2 rings (SSSR count). The SMILES string of the molecule is N=C(c1ccccc1)c1cccc(Cl)c1. The number of hydrogen-bond donors (Lipinski definition) is 1. The Morgan fingerprint density at radius 2 is 1.53 bits per heavy atom. The second-order valence-electron chi connectivity index (χ2n) is 3.25. The molecule has 0 fully saturated rings. The number of halogens is 1. The van der Waals surface area contributed by atoms with Crippen LogP contribution in [0.5, 0.6) is 0 Å². The normalized spacial score (nSPS) is 9.93. The topological polar surface area (TPSA) is 23.9 Å². The fraction of sp³-hybridized carbons (Fsp3) is 0. The quantitative estimate of drug-likeness (QED) is 0.738. The van der Waals surface area contributed by atoms with E-state index in [2.05, 4.69) is 0 Å². The summed E-state index contributed by atoms with van der Waals surface area (Å²) in [6.07, 6.45) is 0. The third-order valence-corrected chi connectivity index (χ3v) is 2.41. The van der Waals surface area contributed by atoms with Gasteiger partial charge in [-0.2, -0.15) is 0 Å². The van der Waals surface area contributed by atoms with Gasteiger partial charge in [-0.1, -0.05) is 54.1 Å². The summed E-state index contributed by atoms with van der Waals surface area (Å²) in [6, 6.07) is 17.0. The van der Waals surface area contributed by atoms with Gasteiger partial charge in [0, 0.05) is 10.6 Å². The molecule has 1 N–H and O–H groups in total. The average molecular weight is 216 g/mol. The lowest BCUT2D eigenvalue weighted by atomic mass is 10.0. The van der Waals surface area contributed by atoms with Gasteiger partial charge in [0.25, 0.3) is 0 Å². The summed E-state index contributed by atoms with van der Waals surface area (Å²) in [4.78, 5) is 0. The Bertz CT molecular complexity index is 477. The van der Waals surface area contributed by atoms with E-state index in [-0.39, 0.29) is 0 Å². The summed E-state index contributed by atoms with van der Waals surface area (Å²) >= 11 is 5.88. The molecule has 74 valence electrons. The molecular formula is C13H10ClN. The Hall–Kier alpha value is -1.60. The van der Waals surface area contributed by atoms with E-state index >= 15 is 0 Å². The molecule has 0 aliphatic rings. The van der Waals surface area contributed by atoms with E-state index in [1.165, 1.54) is 0 Å². The molecular weight excluding hydrogens is 206 g/mol. The van der Waals surface area contributed by atoms with E-state index in [1.807, 2.05) is 48.5 Å². The van der Waals surface area contributed by atoms with Crippen LogP contribution in [-0.2, 0) is 0 Å². The maximum absolute atomic E-state index is 8.01. The van der Waals surface area contributed by atoms with Crippen LogP contribution < -0.4 is 0 Å². The van der Waals surface area contributed by atoms with E-state index in [0.717, 1.165) is 11.1 Å². The van der Waals surface area contributed by atoms with E-state index in [1.54, 1.807) is 6.07 Å². The van der Waals surface area contributed by atoms with E-state index in [4.69, 9.17) is 17.0 Å². The first-order valence-electron chi connectivity index (χ1n) is 4.67. The van der Waals surface area contributed by atoms with Crippen LogP contribution in [0.3, 0.4) is 0 Å². The molecule has 0 spiro atoms. The van der Waals surface area contributed by atoms with Gasteiger partial charge in [-0.05, 0) is 17.7 Å². The highest BCUT2D eigenvalue weighted by atomic mass is 35.5. The molecule has 0 amide bonds. The van der Waals surface area contributed by atoms with Crippen molar-refractivity contribution in [3.8, 4) is 0 Å². The predicted molar refractivity (Wildman–Crippen MR) is 63.8 cm³/mol. The largest absolute Gasteiger partial charge is 0.300 e. The zero-order valence-electron chi connectivity index (χ0n) is 8.07. The van der Waals surface area contributed by atoms with Crippen LogP contribution >= 0.6 is 11.6 Å². The molecule has 2 aromatic carbocycles. The van der Waals surface area contributed by atoms with Crippen molar-refractivity contribution in [1.29, 1.82) is 5.41 Å². The monoisotopic (exact) mass is 215 g/mol. The van der Waals surface area contributed by atoms with Gasteiger partial charge < -0.3 is 0 Å². The number of rotatable bonds is 2. The van der Waals surface area contributed by atoms with Gasteiger partial charge >= 0.3 is 0 Å². The zero-order valence-corrected chi connectivity index (χ0v) is 8.83. The van der Waals surface area contributed by atoms with Gasteiger partial charge in [-0.15, -0.1) is 0 Å². The van der Waals surface area contributed by atoms with E-state index in [9.17, 15) is 0 Å². The van der Waals surface area contributed by atoms with Crippen LogP contribution in [0.2, 0.25) is 5.02 Å². The van der Waals surface area contributed by atoms with Crippen LogP contribution in [0.1, 0.15) is 11.1 Å². The van der Waals surface area contributed by atoms with Crippen molar-refractivity contribution in [2.75, 3.05) is 0 Å². The summed E-state index contributed by atoms with van der Waals surface area (Å²) in [6.45, 7) is 0. The minimum absolute atomic E-state index is 0.498. The molecule has 0 saturated carbocycles. The van der Waals surface area contributed by atoms with Gasteiger partial charge in [0.15, 0.2) is 0 Å². The Morgan fingerprint density at radius 1 is 0.867 bits per heavy atom. The smallest absolute Gasteiger partial charge is 0.0685 e. The fourth-order valence-electron chi connectivity index (χ4n) is 1.42. The lowest BCUT2D eigenvalue weighted by Gasteiger charge is -2.04. The van der Waals surface area contributed by atoms with Crippen LogP contribution in [0.15, 0.2) is 54.6 Å². The molecule has 0 atom stereocenters. The Labute approximate surface area is 93.8 Å². The fourth-order valence-corrected chi connectivity index (χ4v) is 1.61. The predicted octanol–water partition coefficient (Wildman–Crippen LogP) is 3.76. The van der Waals surface area contributed by atoms with Gasteiger partial charge in [-0.25, -0.2) is 0 Å². The first-order chi connectivity index (χ1) is 7.27. The highest BCUT2D eigenvalue weighted by Gasteiger charge is 2.03. The van der Waals surface area contributed by atoms with Gasteiger partial charge in [0.2, 0.25) is 0 Å². The molecule has 2 heteroatoms. The van der Waals surface area contributed by atoms with Crippen molar-refractivity contribution < 1.29 is 0 Å². The van der Waals surface area contributed by atoms with Crippen LogP contribution in [0, 0.1) is 5.41 Å². The Balaban J connectivity index is 2.37. The summed E-state index contributed by atoms with van der Waals surface area (Å²) in [7, 11) is 0. The van der Waals surface area contributed by atoms with Crippen molar-refractivity contribution in [3.05, 3.63) is 70.7 Å². The summed E-state index contributed by atoms with van der Waals surface area (Å²) in [5, 5.41) is 8.67. The summed E-state index contributed by atoms with van der Waals surface area (Å²) in [5.41, 5.74) is 2.24. The second-order valence-corrected chi connectivity index (χ2v) is 3.69. The van der Waals surface area contributed by atoms with Crippen molar-refractivity contribution in [1.82, 2.24) is 0 Å². The lowest BCUT2D eigenvalue weighted by Crippen LogP contribution is -2.00. The molecule has 0 unspecified atom stereocenters. The maximum atomic E-state index is 8.01. The molecule has 0 heterocycles. The van der Waals surface area contributed by atoms with Gasteiger partial charge in [-0.3, -0.25) is 5.41 Å². The molecule has 0 saturated heterocycles. The van der Waals surface area contributed by atoms with Gasteiger partial charge in [0.1, 0.15) is 0 Å². The minimum atomic E-state index is 0.498. The van der Waals surface area contributed by atoms with Crippen LogP contribution in [-0.4, -0.2) is 5.71 Å². The highest BCUT2D eigenvalue weighted by Crippen LogP contribution is 2.14. The molecule has 0 aliphatic heterocycles. The number of nitrogens with one attached hydrogen (secondary N) is 1. The van der Waals surface area contributed by atoms with Crippen molar-refractivity contribution >= 4 is 17.3 Å². The third kappa shape index (κ3) is 2.25. The number of hydrogen-bond acceptors (Lipinski definition) is 1. The van der Waals surface area contributed by atoms with E-state index in [0.29, 0.717) is 10.7 Å². The minimum Gasteiger partial charge on any atom is -0.300 e. The first-order valence-corrected chi connectivity index (χ1v) is 5.05. The zero-order chi connectivity index (χ0) is 10.7. The molecule has 0 aromatic heterocycles. The molecule has 0 radical (unpaired) electrons. The molecule has 2 aromatic rings. The lowest BCUT2D eigenvalue weighted by molar-refractivity contribution is 1.46. The standard InChI is InChI=1S/C13H10ClN/c14-12-8-4-7-11(9-12)13(15)10-5-2-1-3-6-10/h1-9,15H. The Morgan fingerprint density at radius 3 is 2.20 bits per heavy atom. The summed E-state index contributed by atoms with van der Waals surface area (Å²) < 4.78 is 0. The third-order valence-electron chi connectivity index (χ3n) is 2.18. The van der Waals surface area contributed by atoms with Crippen LogP contribution in [0.4, 0.5) is 0 Å². The van der Waals surface area contributed by atoms with E-state index < -0.39 is 0 Å². The first kappa shape index (κ1) is 9.94. The average Bonchev–Trinajstić information content (AvgIpc) is 2.29. The van der Waals surface area contributed by atoms with Gasteiger partial charge in [0.05, 0.1) is 5.71 Å². The maximum Gasteiger partial charge on any atom is 0.0685 e. The van der Waals surface area contributed by atoms with Crippen LogP contribution in [0.25, 0.3) is 0 Å².